The number of nitrogens with zero attached hydrogens (tertiary/aromatic N) is 4. The van der Waals surface area contributed by atoms with E-state index in [1.807, 2.05) is 18.2 Å². The molecule has 1 aliphatic rings. The quantitative estimate of drug-likeness (QED) is 0.556. The number of anilines is 2. The maximum Gasteiger partial charge on any atom is 0.242 e. The number of pyridine rings is 1. The van der Waals surface area contributed by atoms with Crippen molar-refractivity contribution in [3.63, 3.8) is 0 Å². The first-order valence-electron chi connectivity index (χ1n) is 9.35. The molecule has 4 rings (SSSR count). The Morgan fingerprint density at radius 1 is 1.03 bits per heavy atom. The summed E-state index contributed by atoms with van der Waals surface area (Å²) in [6.07, 6.45) is 3.09. The Hall–Kier alpha value is -2.82. The summed E-state index contributed by atoms with van der Waals surface area (Å²) in [5, 5.41) is 3.92. The summed E-state index contributed by atoms with van der Waals surface area (Å²) >= 11 is 0. The standard InChI is InChI=1S/C19H22N6O3S/c26-29(27,16-5-1-3-15-4-2-6-21-19(15)16)24-8-7-20-17-13-18(23-14-22-17)25-9-11-28-12-10-25/h1-6,13-14,24H,7-12H2,(H,20,22,23). The summed E-state index contributed by atoms with van der Waals surface area (Å²) in [6, 6.07) is 10.6. The molecule has 3 aromatic rings. The number of fused-ring (bicyclic) bond motifs is 1. The number of morpholine rings is 1. The highest BCUT2D eigenvalue weighted by Crippen LogP contribution is 2.20. The fraction of sp³-hybridized carbons (Fsp3) is 0.316. The third-order valence-corrected chi connectivity index (χ3v) is 6.09. The molecule has 152 valence electrons. The van der Waals surface area contributed by atoms with Gasteiger partial charge in [0.1, 0.15) is 22.9 Å². The number of hydrogen-bond donors (Lipinski definition) is 2. The van der Waals surface area contributed by atoms with E-state index in [1.54, 1.807) is 24.4 Å². The van der Waals surface area contributed by atoms with E-state index in [0.29, 0.717) is 31.1 Å². The molecule has 1 aromatic carbocycles. The summed E-state index contributed by atoms with van der Waals surface area (Å²) in [4.78, 5) is 15.0. The van der Waals surface area contributed by atoms with E-state index < -0.39 is 10.0 Å². The molecule has 0 radical (unpaired) electrons. The Kier molecular flexibility index (Phi) is 5.84. The number of hydrogen-bond acceptors (Lipinski definition) is 8. The van der Waals surface area contributed by atoms with Gasteiger partial charge in [-0.25, -0.2) is 23.1 Å². The van der Waals surface area contributed by atoms with Gasteiger partial charge in [-0.2, -0.15) is 0 Å². The van der Waals surface area contributed by atoms with Crippen LogP contribution in [0, 0.1) is 0 Å². The molecule has 9 nitrogen and oxygen atoms in total. The Balaban J connectivity index is 1.36. The number of sulfonamides is 1. The molecule has 2 aromatic heterocycles. The lowest BCUT2D eigenvalue weighted by Gasteiger charge is -2.27. The molecule has 3 heterocycles. The molecule has 0 atom stereocenters. The van der Waals surface area contributed by atoms with Crippen molar-refractivity contribution in [1.29, 1.82) is 0 Å². The number of rotatable bonds is 7. The van der Waals surface area contributed by atoms with E-state index in [9.17, 15) is 8.42 Å². The number of para-hydroxylation sites is 1. The molecule has 0 amide bonds. The zero-order chi connectivity index (χ0) is 20.1. The molecule has 0 saturated carbocycles. The van der Waals surface area contributed by atoms with E-state index in [4.69, 9.17) is 4.74 Å². The number of aromatic nitrogens is 3. The Labute approximate surface area is 169 Å². The van der Waals surface area contributed by atoms with Crippen LogP contribution in [-0.4, -0.2) is 62.8 Å². The van der Waals surface area contributed by atoms with Gasteiger partial charge >= 0.3 is 0 Å². The van der Waals surface area contributed by atoms with Crippen LogP contribution in [0.25, 0.3) is 10.9 Å². The van der Waals surface area contributed by atoms with Gasteiger partial charge in [0, 0.05) is 43.8 Å². The van der Waals surface area contributed by atoms with Crippen LogP contribution in [0.1, 0.15) is 0 Å². The number of nitrogens with one attached hydrogen (secondary N) is 2. The molecule has 2 N–H and O–H groups in total. The maximum atomic E-state index is 12.7. The maximum absolute atomic E-state index is 12.7. The minimum Gasteiger partial charge on any atom is -0.378 e. The van der Waals surface area contributed by atoms with Gasteiger partial charge in [0.05, 0.1) is 18.7 Å². The summed E-state index contributed by atoms with van der Waals surface area (Å²) < 4.78 is 33.4. The Morgan fingerprint density at radius 3 is 2.72 bits per heavy atom. The van der Waals surface area contributed by atoms with E-state index in [1.165, 1.54) is 6.33 Å². The van der Waals surface area contributed by atoms with Gasteiger partial charge in [-0.05, 0) is 12.1 Å². The molecule has 0 unspecified atom stereocenters. The van der Waals surface area contributed by atoms with Crippen molar-refractivity contribution in [2.24, 2.45) is 0 Å². The third-order valence-electron chi connectivity index (χ3n) is 4.60. The van der Waals surface area contributed by atoms with Gasteiger partial charge in [0.2, 0.25) is 10.0 Å². The van der Waals surface area contributed by atoms with Gasteiger partial charge in [0.25, 0.3) is 0 Å². The first kappa shape index (κ1) is 19.5. The molecular formula is C19H22N6O3S. The smallest absolute Gasteiger partial charge is 0.242 e. The summed E-state index contributed by atoms with van der Waals surface area (Å²) in [6.45, 7) is 3.53. The van der Waals surface area contributed by atoms with E-state index in [0.717, 1.165) is 24.3 Å². The van der Waals surface area contributed by atoms with Gasteiger partial charge in [-0.3, -0.25) is 4.98 Å². The zero-order valence-electron chi connectivity index (χ0n) is 15.8. The monoisotopic (exact) mass is 414 g/mol. The molecule has 0 aliphatic carbocycles. The fourth-order valence-corrected chi connectivity index (χ4v) is 4.37. The third kappa shape index (κ3) is 4.61. The molecular weight excluding hydrogens is 392 g/mol. The largest absolute Gasteiger partial charge is 0.378 e. The molecule has 1 fully saturated rings. The number of ether oxygens (including phenoxy) is 1. The minimum atomic E-state index is -3.67. The van der Waals surface area contributed by atoms with Crippen molar-refractivity contribution in [1.82, 2.24) is 19.7 Å². The highest BCUT2D eigenvalue weighted by atomic mass is 32.2. The van der Waals surface area contributed by atoms with Crippen LogP contribution in [-0.2, 0) is 14.8 Å². The van der Waals surface area contributed by atoms with E-state index >= 15 is 0 Å². The SMILES string of the molecule is O=S(=O)(NCCNc1cc(N2CCOCC2)ncn1)c1cccc2cccnc12. The van der Waals surface area contributed by atoms with Crippen LogP contribution in [0.3, 0.4) is 0 Å². The number of benzene rings is 1. The second kappa shape index (κ2) is 8.68. The van der Waals surface area contributed by atoms with Crippen LogP contribution in [0.5, 0.6) is 0 Å². The van der Waals surface area contributed by atoms with Crippen LogP contribution in [0.4, 0.5) is 11.6 Å². The summed E-state index contributed by atoms with van der Waals surface area (Å²) in [5.41, 5.74) is 0.460. The molecule has 1 saturated heterocycles. The molecule has 29 heavy (non-hydrogen) atoms. The highest BCUT2D eigenvalue weighted by molar-refractivity contribution is 7.89. The Morgan fingerprint density at radius 2 is 1.86 bits per heavy atom. The van der Waals surface area contributed by atoms with Gasteiger partial charge in [-0.15, -0.1) is 0 Å². The van der Waals surface area contributed by atoms with Crippen LogP contribution in [0.15, 0.2) is 53.8 Å². The average Bonchev–Trinajstić information content (AvgIpc) is 2.77. The molecule has 10 heteroatoms. The minimum absolute atomic E-state index is 0.173. The van der Waals surface area contributed by atoms with Gasteiger partial charge in [-0.1, -0.05) is 18.2 Å². The van der Waals surface area contributed by atoms with Gasteiger partial charge < -0.3 is 15.0 Å². The van der Waals surface area contributed by atoms with Crippen molar-refractivity contribution in [3.8, 4) is 0 Å². The van der Waals surface area contributed by atoms with Crippen molar-refractivity contribution < 1.29 is 13.2 Å². The first-order chi connectivity index (χ1) is 14.1. The topological polar surface area (TPSA) is 109 Å². The van der Waals surface area contributed by atoms with Crippen LogP contribution < -0.4 is 14.9 Å². The molecule has 0 spiro atoms. The van der Waals surface area contributed by atoms with E-state index in [2.05, 4.69) is 29.9 Å². The highest BCUT2D eigenvalue weighted by Gasteiger charge is 2.17. The normalized spacial score (nSPS) is 14.8. The predicted octanol–water partition coefficient (Wildman–Crippen LogP) is 1.25. The van der Waals surface area contributed by atoms with Crippen LogP contribution in [0.2, 0.25) is 0 Å². The average molecular weight is 414 g/mol. The van der Waals surface area contributed by atoms with E-state index in [-0.39, 0.29) is 11.4 Å². The fourth-order valence-electron chi connectivity index (χ4n) is 3.16. The second-order valence-electron chi connectivity index (χ2n) is 6.52. The molecule has 0 bridgehead atoms. The summed E-state index contributed by atoms with van der Waals surface area (Å²) in [7, 11) is -3.67. The lowest BCUT2D eigenvalue weighted by atomic mass is 10.2. The van der Waals surface area contributed by atoms with Crippen molar-refractivity contribution in [2.45, 2.75) is 4.90 Å². The van der Waals surface area contributed by atoms with Crippen LogP contribution >= 0.6 is 0 Å². The van der Waals surface area contributed by atoms with Crippen molar-refractivity contribution in [3.05, 3.63) is 48.9 Å². The Bertz CT molecular complexity index is 1080. The lowest BCUT2D eigenvalue weighted by Crippen LogP contribution is -2.36. The lowest BCUT2D eigenvalue weighted by molar-refractivity contribution is 0.122. The predicted molar refractivity (Wildman–Crippen MR) is 110 cm³/mol. The van der Waals surface area contributed by atoms with Crippen molar-refractivity contribution in [2.75, 3.05) is 49.6 Å². The molecule has 1 aliphatic heterocycles. The zero-order valence-corrected chi connectivity index (χ0v) is 16.6. The summed E-state index contributed by atoms with van der Waals surface area (Å²) in [5.74, 6) is 1.47. The second-order valence-corrected chi connectivity index (χ2v) is 8.25. The first-order valence-corrected chi connectivity index (χ1v) is 10.8. The van der Waals surface area contributed by atoms with Gasteiger partial charge in [0.15, 0.2) is 0 Å². The van der Waals surface area contributed by atoms with Crippen molar-refractivity contribution >= 4 is 32.6 Å².